The van der Waals surface area contributed by atoms with Crippen LogP contribution in [-0.4, -0.2) is 92.6 Å². The minimum Gasteiger partial charge on any atom is -0.491 e. The number of hydrogen-bond donors (Lipinski definition) is 0. The molecular weight excluding hydrogens is 588 g/mol. The average molecular weight is 633 g/mol. The van der Waals surface area contributed by atoms with E-state index < -0.39 is 21.7 Å². The summed E-state index contributed by atoms with van der Waals surface area (Å²) in [4.78, 5) is 21.2. The Labute approximate surface area is 267 Å². The lowest BCUT2D eigenvalue weighted by atomic mass is 10.0. The summed E-state index contributed by atoms with van der Waals surface area (Å²) in [6, 6.07) is 24.9. The Morgan fingerprint density at radius 1 is 0.822 bits per heavy atom. The molecule has 0 bridgehead atoms. The van der Waals surface area contributed by atoms with E-state index >= 15 is 0 Å². The van der Waals surface area contributed by atoms with Crippen LogP contribution < -0.4 is 4.74 Å². The Hall–Kier alpha value is -3.99. The van der Waals surface area contributed by atoms with E-state index in [4.69, 9.17) is 9.47 Å². The zero-order valence-corrected chi connectivity index (χ0v) is 27.7. The molecule has 0 atom stereocenters. The summed E-state index contributed by atoms with van der Waals surface area (Å²) >= 11 is 0. The van der Waals surface area contributed by atoms with Gasteiger partial charge in [-0.25, -0.2) is 13.2 Å². The van der Waals surface area contributed by atoms with Gasteiger partial charge in [-0.1, -0.05) is 60.7 Å². The van der Waals surface area contributed by atoms with Crippen LogP contribution >= 0.6 is 0 Å². The maximum atomic E-state index is 14.1. The minimum absolute atomic E-state index is 0.0848. The van der Waals surface area contributed by atoms with Gasteiger partial charge in [0.05, 0.1) is 11.4 Å². The molecule has 0 unspecified atom stereocenters. The molecule has 240 valence electrons. The molecule has 1 heterocycles. The summed E-state index contributed by atoms with van der Waals surface area (Å²) in [6.07, 6.45) is 3.44. The Bertz CT molecular complexity index is 1650. The van der Waals surface area contributed by atoms with E-state index in [0.717, 1.165) is 23.1 Å². The van der Waals surface area contributed by atoms with Crippen LogP contribution in [0.3, 0.4) is 0 Å². The predicted octanol–water partition coefficient (Wildman–Crippen LogP) is 5.69. The molecule has 4 aromatic rings. The summed E-state index contributed by atoms with van der Waals surface area (Å²) in [6.45, 7) is 6.84. The zero-order chi connectivity index (χ0) is 32.5. The van der Waals surface area contributed by atoms with Crippen LogP contribution in [0.2, 0.25) is 0 Å². The second-order valence-corrected chi connectivity index (χ2v) is 14.1. The van der Waals surface area contributed by atoms with E-state index in [1.165, 1.54) is 14.8 Å². The van der Waals surface area contributed by atoms with Crippen LogP contribution in [0, 0.1) is 0 Å². The van der Waals surface area contributed by atoms with Crippen molar-refractivity contribution in [2.45, 2.75) is 37.7 Å². The largest absolute Gasteiger partial charge is 0.491 e. The summed E-state index contributed by atoms with van der Waals surface area (Å²) in [5.74, 6) is 0.742. The second-order valence-electron chi connectivity index (χ2n) is 12.1. The highest BCUT2D eigenvalue weighted by atomic mass is 32.2. The van der Waals surface area contributed by atoms with Crippen LogP contribution in [0.4, 0.5) is 4.79 Å². The zero-order valence-electron chi connectivity index (χ0n) is 26.8. The molecule has 1 amide bonds. The number of benzene rings is 3. The number of likely N-dealkylation sites (N-methyl/N-ethyl adjacent to an activating group) is 1. The molecule has 1 aromatic heterocycles. The van der Waals surface area contributed by atoms with Crippen molar-refractivity contribution < 1.29 is 22.7 Å². The van der Waals surface area contributed by atoms with Crippen molar-refractivity contribution in [3.8, 4) is 5.75 Å². The van der Waals surface area contributed by atoms with Gasteiger partial charge in [-0.3, -0.25) is 4.98 Å². The SMILES string of the molecule is CN(C)CCN(CCN(CCOc1ccccc1Cc1ccccc1)C(=O)OC(C)(C)C)S(=O)(=O)c1cccc2cnccc12. The van der Waals surface area contributed by atoms with Gasteiger partial charge < -0.3 is 19.3 Å². The standard InChI is InChI=1S/C35H44N4O5S/c1-35(2,3)44-34(40)38(24-25-43-32-16-10-9-14-29(32)26-28-12-7-6-8-13-28)21-23-39(22-20-37(4)5)45(41,42)33-17-11-15-30-27-36-19-18-31(30)33/h6-19,27H,20-26H2,1-5H3. The molecule has 0 spiro atoms. The number of ether oxygens (including phenoxy) is 2. The van der Waals surface area contributed by atoms with Gasteiger partial charge in [0, 0.05) is 55.8 Å². The van der Waals surface area contributed by atoms with Crippen molar-refractivity contribution in [1.82, 2.24) is 19.1 Å². The van der Waals surface area contributed by atoms with E-state index in [2.05, 4.69) is 17.1 Å². The number of carbonyl (C=O) groups excluding carboxylic acids is 1. The van der Waals surface area contributed by atoms with Crippen LogP contribution in [0.25, 0.3) is 10.8 Å². The van der Waals surface area contributed by atoms with Crippen molar-refractivity contribution >= 4 is 26.9 Å². The number of fused-ring (bicyclic) bond motifs is 1. The highest BCUT2D eigenvalue weighted by Crippen LogP contribution is 2.26. The van der Waals surface area contributed by atoms with E-state index in [-0.39, 0.29) is 37.7 Å². The Balaban J connectivity index is 1.52. The summed E-state index contributed by atoms with van der Waals surface area (Å²) in [7, 11) is -0.115. The molecule has 9 nitrogen and oxygen atoms in total. The number of aromatic nitrogens is 1. The lowest BCUT2D eigenvalue weighted by Gasteiger charge is -2.30. The fourth-order valence-corrected chi connectivity index (χ4v) is 6.48. The first-order valence-corrected chi connectivity index (χ1v) is 16.6. The van der Waals surface area contributed by atoms with Crippen molar-refractivity contribution in [2.75, 3.05) is 53.4 Å². The Morgan fingerprint density at radius 2 is 1.53 bits per heavy atom. The molecule has 0 aliphatic carbocycles. The number of para-hydroxylation sites is 1. The highest BCUT2D eigenvalue weighted by molar-refractivity contribution is 7.89. The van der Waals surface area contributed by atoms with Crippen molar-refractivity contribution in [1.29, 1.82) is 0 Å². The minimum atomic E-state index is -3.91. The second kappa shape index (κ2) is 15.3. The smallest absolute Gasteiger partial charge is 0.410 e. The molecule has 0 aliphatic heterocycles. The molecule has 3 aromatic carbocycles. The quantitative estimate of drug-likeness (QED) is 0.176. The summed E-state index contributed by atoms with van der Waals surface area (Å²) in [5, 5.41) is 1.35. The van der Waals surface area contributed by atoms with Gasteiger partial charge in [-0.05, 0) is 64.2 Å². The highest BCUT2D eigenvalue weighted by Gasteiger charge is 2.29. The fourth-order valence-electron chi connectivity index (χ4n) is 4.85. The van der Waals surface area contributed by atoms with Crippen LogP contribution in [0.5, 0.6) is 5.75 Å². The Kier molecular flexibility index (Phi) is 11.6. The van der Waals surface area contributed by atoms with Gasteiger partial charge in [0.1, 0.15) is 18.0 Å². The average Bonchev–Trinajstić information content (AvgIpc) is 3.00. The molecule has 0 saturated carbocycles. The van der Waals surface area contributed by atoms with Crippen molar-refractivity contribution in [3.05, 3.63) is 102 Å². The van der Waals surface area contributed by atoms with Gasteiger partial charge in [-0.15, -0.1) is 0 Å². The van der Waals surface area contributed by atoms with E-state index in [0.29, 0.717) is 11.9 Å². The molecule has 10 heteroatoms. The first-order chi connectivity index (χ1) is 21.4. The van der Waals surface area contributed by atoms with Gasteiger partial charge in [-0.2, -0.15) is 4.31 Å². The van der Waals surface area contributed by atoms with Crippen LogP contribution in [0.1, 0.15) is 31.9 Å². The number of rotatable bonds is 14. The van der Waals surface area contributed by atoms with Gasteiger partial charge in [0.25, 0.3) is 0 Å². The number of nitrogens with zero attached hydrogens (tertiary/aromatic N) is 4. The first-order valence-electron chi connectivity index (χ1n) is 15.1. The molecule has 4 rings (SSSR count). The topological polar surface area (TPSA) is 92.3 Å². The van der Waals surface area contributed by atoms with E-state index in [1.807, 2.05) is 88.3 Å². The monoisotopic (exact) mass is 632 g/mol. The number of carbonyl (C=O) groups is 1. The molecular formula is C35H44N4O5S. The number of sulfonamides is 1. The lowest BCUT2D eigenvalue weighted by molar-refractivity contribution is 0.0218. The molecule has 0 radical (unpaired) electrons. The lowest BCUT2D eigenvalue weighted by Crippen LogP contribution is -2.45. The molecule has 0 aliphatic rings. The van der Waals surface area contributed by atoms with Crippen LogP contribution in [0.15, 0.2) is 96.2 Å². The molecule has 45 heavy (non-hydrogen) atoms. The third kappa shape index (κ3) is 9.75. The van der Waals surface area contributed by atoms with Gasteiger partial charge >= 0.3 is 6.09 Å². The predicted molar refractivity (Wildman–Crippen MR) is 178 cm³/mol. The number of amides is 1. The Morgan fingerprint density at radius 3 is 2.27 bits per heavy atom. The van der Waals surface area contributed by atoms with Gasteiger partial charge in [0.2, 0.25) is 10.0 Å². The third-order valence-corrected chi connectivity index (χ3v) is 9.11. The van der Waals surface area contributed by atoms with E-state index in [1.54, 1.807) is 30.6 Å². The van der Waals surface area contributed by atoms with Crippen molar-refractivity contribution in [3.63, 3.8) is 0 Å². The van der Waals surface area contributed by atoms with Crippen LogP contribution in [-0.2, 0) is 21.2 Å². The third-order valence-electron chi connectivity index (χ3n) is 7.15. The number of pyridine rings is 1. The number of hydrogen-bond acceptors (Lipinski definition) is 7. The molecule has 0 fully saturated rings. The fraction of sp³-hybridized carbons (Fsp3) is 0.371. The van der Waals surface area contributed by atoms with E-state index in [9.17, 15) is 13.2 Å². The summed E-state index contributed by atoms with van der Waals surface area (Å²) < 4.78 is 41.5. The summed E-state index contributed by atoms with van der Waals surface area (Å²) in [5.41, 5.74) is 1.50. The first kappa shape index (κ1) is 33.9. The maximum Gasteiger partial charge on any atom is 0.410 e. The normalized spacial score (nSPS) is 12.1. The molecule has 0 N–H and O–H groups in total. The van der Waals surface area contributed by atoms with Crippen molar-refractivity contribution in [2.24, 2.45) is 0 Å². The molecule has 0 saturated heterocycles. The van der Waals surface area contributed by atoms with Gasteiger partial charge in [0.15, 0.2) is 0 Å². The maximum absolute atomic E-state index is 14.1.